The number of esters is 1. The van der Waals surface area contributed by atoms with Crippen LogP contribution in [0.1, 0.15) is 174 Å². The Balaban J connectivity index is 1.51. The lowest BCUT2D eigenvalue weighted by Crippen LogP contribution is -2.67. The molecule has 0 bridgehead atoms. The quantitative estimate of drug-likeness (QED) is 0.0307. The van der Waals surface area contributed by atoms with Gasteiger partial charge >= 0.3 is 5.97 Å². The Morgan fingerprint density at radius 2 is 1.01 bits per heavy atom. The number of unbranched alkanes of at least 4 members (excludes halogenated alkanes) is 16. The van der Waals surface area contributed by atoms with Gasteiger partial charge in [-0.15, -0.1) is 0 Å². The van der Waals surface area contributed by atoms with E-state index in [1.807, 2.05) is 6.92 Å². The number of nitrogens with zero attached hydrogens (tertiary/aromatic N) is 1. The fourth-order valence-electron chi connectivity index (χ4n) is 9.83. The first-order valence-corrected chi connectivity index (χ1v) is 28.6. The third kappa shape index (κ3) is 24.7. The molecule has 3 rings (SSSR count). The lowest BCUT2D eigenvalue weighted by Gasteiger charge is -2.49. The lowest BCUT2D eigenvalue weighted by atomic mass is 9.95. The van der Waals surface area contributed by atoms with Crippen molar-refractivity contribution in [2.45, 2.75) is 279 Å². The van der Waals surface area contributed by atoms with E-state index in [4.69, 9.17) is 33.2 Å². The summed E-state index contributed by atoms with van der Waals surface area (Å²) in [6, 6.07) is 0. The topological polar surface area (TPSA) is 333 Å². The summed E-state index contributed by atoms with van der Waals surface area (Å²) in [5.74, 6) is -0.322. The number of ketones is 1. The van der Waals surface area contributed by atoms with E-state index in [1.54, 1.807) is 0 Å². The van der Waals surface area contributed by atoms with Crippen LogP contribution in [-0.2, 0) is 47.5 Å². The first-order chi connectivity index (χ1) is 36.4. The number of hydrogen-bond acceptors (Lipinski definition) is 21. The minimum Gasteiger partial charge on any atom is -0.463 e. The molecule has 17 atom stereocenters. The fourth-order valence-corrected chi connectivity index (χ4v) is 9.83. The predicted octanol–water partition coefficient (Wildman–Crippen LogP) is 1.77. The summed E-state index contributed by atoms with van der Waals surface area (Å²) in [6.45, 7) is 2.80. The Morgan fingerprint density at radius 1 is 0.539 bits per heavy atom. The van der Waals surface area contributed by atoms with Gasteiger partial charge in [0, 0.05) is 32.7 Å². The first-order valence-electron chi connectivity index (χ1n) is 28.6. The second-order valence-corrected chi connectivity index (χ2v) is 21.4. The van der Waals surface area contributed by atoms with Crippen molar-refractivity contribution in [3.63, 3.8) is 0 Å². The van der Waals surface area contributed by atoms with Crippen molar-refractivity contribution in [3.05, 3.63) is 0 Å². The maximum absolute atomic E-state index is 12.7. The van der Waals surface area contributed by atoms with E-state index in [1.165, 1.54) is 19.3 Å². The molecule has 3 heterocycles. The molecule has 11 N–H and O–H groups in total. The number of hydrogen-bond donors (Lipinski definition) is 11. The molecule has 3 saturated heterocycles. The summed E-state index contributed by atoms with van der Waals surface area (Å²) in [5, 5.41) is 110. The minimum absolute atomic E-state index is 0.163. The molecule has 76 heavy (non-hydrogen) atoms. The molecule has 0 aromatic heterocycles. The Kier molecular flexibility index (Phi) is 34.6. The molecule has 0 radical (unpaired) electrons. The molecule has 446 valence electrons. The zero-order valence-corrected chi connectivity index (χ0v) is 46.0. The molecule has 0 aliphatic carbocycles. The fraction of sp³-hybridized carbons (Fsp3) is 0.944. The third-order valence-electron chi connectivity index (χ3n) is 14.6. The number of rotatable bonds is 41. The van der Waals surface area contributed by atoms with Gasteiger partial charge < -0.3 is 94.4 Å². The van der Waals surface area contributed by atoms with Crippen LogP contribution in [0, 0.1) is 0 Å². The number of Topliss-reactive ketones (excluding diaryl/α,β-unsaturated/α-hetero) is 1. The first kappa shape index (κ1) is 68.2. The molecule has 0 spiro atoms. The van der Waals surface area contributed by atoms with Crippen LogP contribution in [0.15, 0.2) is 0 Å². The molecule has 0 saturated carbocycles. The Labute approximate surface area is 451 Å². The molecule has 0 aromatic carbocycles. The number of nitrogens with one attached hydrogen (secondary N) is 1. The standard InChI is InChI=1S/C54H100N2O20/c1-5-6-18-28-38(37(61)27-21-16-15-20-26-36(60)25-19-13-11-9-7-8-10-12-14-22-29-42(62)55-30-23-17-24-31-56(3)4)71-54-51(76-53-49(69)47(67)44(64)40(33-58)73-53)50(45(65)41(74-54)34-70-35(2)59)75-52-48(68)46(66)43(63)39(32-57)72-52/h37-41,43-54,57-58,61,63-69H,5-34H2,1-4H3,(H,55,62)/t37?,38?,39-,40+,41-,43+,44+,45+,46+,47-,48-,49+,50+,51-,52+,53-,54-/m1/s1. The van der Waals surface area contributed by atoms with Crippen molar-refractivity contribution in [2.75, 3.05) is 47.0 Å². The van der Waals surface area contributed by atoms with E-state index < -0.39 is 130 Å². The van der Waals surface area contributed by atoms with E-state index in [9.17, 15) is 65.4 Å². The number of carbonyl (C=O) groups is 3. The zero-order chi connectivity index (χ0) is 56.0. The van der Waals surface area contributed by atoms with Gasteiger partial charge in [0.05, 0.1) is 25.4 Å². The summed E-state index contributed by atoms with van der Waals surface area (Å²) >= 11 is 0. The van der Waals surface area contributed by atoms with Gasteiger partial charge in [-0.1, -0.05) is 103 Å². The largest absolute Gasteiger partial charge is 0.463 e. The third-order valence-corrected chi connectivity index (χ3v) is 14.6. The highest BCUT2D eigenvalue weighted by Crippen LogP contribution is 2.35. The van der Waals surface area contributed by atoms with E-state index >= 15 is 0 Å². The van der Waals surface area contributed by atoms with E-state index in [-0.39, 0.29) is 18.1 Å². The second-order valence-electron chi connectivity index (χ2n) is 21.4. The van der Waals surface area contributed by atoms with Gasteiger partial charge in [-0.05, 0) is 65.6 Å². The van der Waals surface area contributed by atoms with Crippen molar-refractivity contribution in [1.82, 2.24) is 10.2 Å². The molecule has 3 aliphatic heterocycles. The summed E-state index contributed by atoms with van der Waals surface area (Å²) in [5.41, 5.74) is 0. The van der Waals surface area contributed by atoms with Crippen LogP contribution in [0.2, 0.25) is 0 Å². The van der Waals surface area contributed by atoms with Crippen LogP contribution >= 0.6 is 0 Å². The number of aliphatic hydroxyl groups is 10. The summed E-state index contributed by atoms with van der Waals surface area (Å²) < 4.78 is 41.4. The van der Waals surface area contributed by atoms with Gasteiger partial charge in [0.2, 0.25) is 5.91 Å². The van der Waals surface area contributed by atoms with Crippen LogP contribution in [0.4, 0.5) is 0 Å². The lowest BCUT2D eigenvalue weighted by molar-refractivity contribution is -0.396. The van der Waals surface area contributed by atoms with Crippen molar-refractivity contribution in [2.24, 2.45) is 0 Å². The van der Waals surface area contributed by atoms with Crippen LogP contribution < -0.4 is 5.32 Å². The van der Waals surface area contributed by atoms with E-state index in [0.717, 1.165) is 116 Å². The second kappa shape index (κ2) is 38.6. The Morgan fingerprint density at radius 3 is 1.53 bits per heavy atom. The van der Waals surface area contributed by atoms with Gasteiger partial charge in [0.1, 0.15) is 85.6 Å². The van der Waals surface area contributed by atoms with Crippen LogP contribution in [0.3, 0.4) is 0 Å². The SMILES string of the molecule is CCCCCC(O[C@@H]1O[C@H](COC(C)=O)[C@H](O)[C@H](O[C@@H]2O[C@H](CO)[C@H](O)[C@H](O)[C@H]2O)[C@H]1O[C@H]1O[C@@H](CO)[C@H](O)[C@@H](O)[C@@H]1O)C(O)CCCCCCC(=O)CCCCCCCCCCCCC(=O)NCCCCCN(C)C. The number of ether oxygens (including phenoxy) is 7. The van der Waals surface area contributed by atoms with E-state index in [2.05, 4.69) is 24.3 Å². The molecular weight excluding hydrogens is 997 g/mol. The molecule has 1 amide bonds. The number of amides is 1. The minimum atomic E-state index is -1.96. The molecule has 0 aromatic rings. The number of carbonyl (C=O) groups excluding carboxylic acids is 3. The Bertz CT molecular complexity index is 1550. The van der Waals surface area contributed by atoms with Crippen LogP contribution in [0.25, 0.3) is 0 Å². The van der Waals surface area contributed by atoms with Crippen molar-refractivity contribution < 1.29 is 98.6 Å². The Hall–Kier alpha value is -2.07. The smallest absolute Gasteiger partial charge is 0.302 e. The maximum atomic E-state index is 12.7. The molecule has 2 unspecified atom stereocenters. The highest BCUT2D eigenvalue weighted by Gasteiger charge is 2.55. The molecule has 3 aliphatic rings. The molecular formula is C54H100N2O20. The monoisotopic (exact) mass is 1100 g/mol. The summed E-state index contributed by atoms with van der Waals surface area (Å²) in [7, 11) is 4.15. The van der Waals surface area contributed by atoms with Crippen molar-refractivity contribution >= 4 is 17.7 Å². The van der Waals surface area contributed by atoms with Gasteiger partial charge in [-0.3, -0.25) is 14.4 Å². The van der Waals surface area contributed by atoms with Crippen molar-refractivity contribution in [1.29, 1.82) is 0 Å². The normalized spacial score (nSPS) is 30.8. The average Bonchev–Trinajstić information content (AvgIpc) is 3.40. The van der Waals surface area contributed by atoms with E-state index in [0.29, 0.717) is 38.5 Å². The average molecular weight is 1100 g/mol. The van der Waals surface area contributed by atoms with Gasteiger partial charge in [-0.2, -0.15) is 0 Å². The van der Waals surface area contributed by atoms with Gasteiger partial charge in [0.15, 0.2) is 18.9 Å². The summed E-state index contributed by atoms with van der Waals surface area (Å²) in [6.07, 6.45) is -6.71. The highest BCUT2D eigenvalue weighted by atomic mass is 16.8. The van der Waals surface area contributed by atoms with Gasteiger partial charge in [0.25, 0.3) is 0 Å². The molecule has 22 nitrogen and oxygen atoms in total. The zero-order valence-electron chi connectivity index (χ0n) is 46.0. The predicted molar refractivity (Wildman–Crippen MR) is 277 cm³/mol. The maximum Gasteiger partial charge on any atom is 0.302 e. The molecule has 3 fully saturated rings. The number of aliphatic hydroxyl groups excluding tert-OH is 10. The van der Waals surface area contributed by atoms with Crippen LogP contribution in [-0.4, -0.2) is 225 Å². The summed E-state index contributed by atoms with van der Waals surface area (Å²) in [4.78, 5) is 38.9. The molecule has 22 heteroatoms. The highest BCUT2D eigenvalue weighted by molar-refractivity contribution is 5.78. The van der Waals surface area contributed by atoms with Crippen LogP contribution in [0.5, 0.6) is 0 Å². The van der Waals surface area contributed by atoms with Gasteiger partial charge in [-0.25, -0.2) is 0 Å². The van der Waals surface area contributed by atoms with Crippen molar-refractivity contribution in [3.8, 4) is 0 Å².